The SMILES string of the molecule is CCn1nc(C)cc1C(=O)Nc1nc2cc(C(N)=O)cc(OC)c2n1C/C=C/Cn1c(NC(=O)c2cc(C)nn2CC)nc2cc(C(N)=O)cc(OC/C=C/CNCCC3CCNCC3)c21. The highest BCUT2D eigenvalue weighted by Crippen LogP contribution is 2.33. The van der Waals surface area contributed by atoms with Gasteiger partial charge in [0.15, 0.2) is 0 Å². The molecule has 0 unspecified atom stereocenters. The van der Waals surface area contributed by atoms with E-state index in [0.717, 1.165) is 32.0 Å². The van der Waals surface area contributed by atoms with E-state index in [1.165, 1.54) is 26.0 Å². The quantitative estimate of drug-likeness (QED) is 0.0436. The highest BCUT2D eigenvalue weighted by molar-refractivity contribution is 6.05. The smallest absolute Gasteiger partial charge is 0.276 e. The number of aromatic nitrogens is 8. The van der Waals surface area contributed by atoms with E-state index >= 15 is 0 Å². The third-order valence-electron chi connectivity index (χ3n) is 11.4. The molecule has 1 aliphatic heterocycles. The summed E-state index contributed by atoms with van der Waals surface area (Å²) < 4.78 is 18.8. The second kappa shape index (κ2) is 21.1. The van der Waals surface area contributed by atoms with E-state index in [4.69, 9.17) is 30.9 Å². The maximum absolute atomic E-state index is 13.9. The van der Waals surface area contributed by atoms with Crippen molar-refractivity contribution in [2.75, 3.05) is 50.5 Å². The van der Waals surface area contributed by atoms with E-state index in [-0.39, 0.29) is 42.7 Å². The Morgan fingerprint density at radius 2 is 1.26 bits per heavy atom. The van der Waals surface area contributed by atoms with Crippen LogP contribution < -0.4 is 42.2 Å². The van der Waals surface area contributed by atoms with Crippen LogP contribution in [0.2, 0.25) is 0 Å². The van der Waals surface area contributed by atoms with E-state index < -0.39 is 23.6 Å². The Labute approximate surface area is 381 Å². The van der Waals surface area contributed by atoms with Gasteiger partial charge in [0.1, 0.15) is 40.5 Å². The lowest BCUT2D eigenvalue weighted by Gasteiger charge is -2.22. The first-order valence-electron chi connectivity index (χ1n) is 22.2. The second-order valence-electron chi connectivity index (χ2n) is 16.0. The molecule has 0 aliphatic carbocycles. The molecule has 7 rings (SSSR count). The van der Waals surface area contributed by atoms with Gasteiger partial charge in [0.25, 0.3) is 11.8 Å². The fourth-order valence-corrected chi connectivity index (χ4v) is 8.14. The number of hydrogen-bond acceptors (Lipinski definition) is 12. The largest absolute Gasteiger partial charge is 0.494 e. The molecule has 6 aromatic rings. The Bertz CT molecular complexity index is 2810. The molecule has 0 bridgehead atoms. The molecule has 20 heteroatoms. The Morgan fingerprint density at radius 1 is 0.742 bits per heavy atom. The van der Waals surface area contributed by atoms with Crippen molar-refractivity contribution in [1.29, 1.82) is 0 Å². The normalized spacial score (nSPS) is 13.3. The molecule has 20 nitrogen and oxygen atoms in total. The maximum atomic E-state index is 13.9. The van der Waals surface area contributed by atoms with E-state index in [2.05, 4.69) is 31.5 Å². The molecule has 4 aromatic heterocycles. The van der Waals surface area contributed by atoms with Crippen LogP contribution in [0.5, 0.6) is 11.5 Å². The highest BCUT2D eigenvalue weighted by atomic mass is 16.5. The zero-order chi connectivity index (χ0) is 46.9. The first-order valence-corrected chi connectivity index (χ1v) is 22.2. The summed E-state index contributed by atoms with van der Waals surface area (Å²) in [5.74, 6) is -0.433. The number of benzene rings is 2. The number of carbonyl (C=O) groups excluding carboxylic acids is 4. The van der Waals surface area contributed by atoms with Crippen molar-refractivity contribution in [2.24, 2.45) is 17.4 Å². The van der Waals surface area contributed by atoms with Crippen LogP contribution in [0, 0.1) is 19.8 Å². The molecule has 348 valence electrons. The minimum Gasteiger partial charge on any atom is -0.494 e. The molecular formula is C46H58N14O6. The van der Waals surface area contributed by atoms with Crippen LogP contribution in [-0.2, 0) is 26.2 Å². The van der Waals surface area contributed by atoms with Gasteiger partial charge in [-0.15, -0.1) is 0 Å². The van der Waals surface area contributed by atoms with E-state index in [0.29, 0.717) is 76.0 Å². The molecular weight excluding hydrogens is 845 g/mol. The number of aryl methyl sites for hydroxylation is 4. The number of ether oxygens (including phenoxy) is 2. The number of piperidine rings is 1. The van der Waals surface area contributed by atoms with Gasteiger partial charge in [0.05, 0.1) is 29.5 Å². The molecule has 5 heterocycles. The number of fused-ring (bicyclic) bond motifs is 2. The molecule has 1 fully saturated rings. The number of carbonyl (C=O) groups is 4. The summed E-state index contributed by atoms with van der Waals surface area (Å²) in [5, 5.41) is 21.6. The van der Waals surface area contributed by atoms with Crippen molar-refractivity contribution in [3.8, 4) is 11.5 Å². The van der Waals surface area contributed by atoms with Gasteiger partial charge >= 0.3 is 0 Å². The maximum Gasteiger partial charge on any atom is 0.276 e. The number of nitrogens with two attached hydrogens (primary N) is 2. The number of imidazole rings is 2. The number of allylic oxidation sites excluding steroid dienone is 2. The minimum absolute atomic E-state index is 0.160. The third kappa shape index (κ3) is 10.6. The summed E-state index contributed by atoms with van der Waals surface area (Å²) in [5.41, 5.74) is 15.6. The number of nitrogens with zero attached hydrogens (tertiary/aromatic N) is 8. The summed E-state index contributed by atoms with van der Waals surface area (Å²) in [6.07, 6.45) is 11.2. The Balaban J connectivity index is 1.20. The number of anilines is 2. The van der Waals surface area contributed by atoms with Crippen LogP contribution in [0.1, 0.15) is 86.2 Å². The lowest BCUT2D eigenvalue weighted by atomic mass is 9.95. The topological polar surface area (TPSA) is 258 Å². The molecule has 0 spiro atoms. The van der Waals surface area contributed by atoms with Crippen molar-refractivity contribution >= 4 is 57.6 Å². The molecule has 0 radical (unpaired) electrons. The average Bonchev–Trinajstić information content (AvgIpc) is 4.07. The number of methoxy groups -OCH3 is 1. The van der Waals surface area contributed by atoms with Gasteiger partial charge in [-0.25, -0.2) is 9.97 Å². The lowest BCUT2D eigenvalue weighted by molar-refractivity contribution is 0.0991. The number of rotatable bonds is 21. The molecule has 0 atom stereocenters. The number of primary amides is 2. The van der Waals surface area contributed by atoms with Crippen molar-refractivity contribution in [3.05, 3.63) is 94.6 Å². The third-order valence-corrected chi connectivity index (χ3v) is 11.4. The van der Waals surface area contributed by atoms with Crippen molar-refractivity contribution in [3.63, 3.8) is 0 Å². The first-order chi connectivity index (χ1) is 31.9. The lowest BCUT2D eigenvalue weighted by Crippen LogP contribution is -2.29. The number of hydrogen-bond donors (Lipinski definition) is 6. The predicted molar refractivity (Wildman–Crippen MR) is 251 cm³/mol. The zero-order valence-corrected chi connectivity index (χ0v) is 38.0. The van der Waals surface area contributed by atoms with Crippen LogP contribution in [0.15, 0.2) is 60.7 Å². The van der Waals surface area contributed by atoms with Gasteiger partial charge in [-0.05, 0) is 109 Å². The van der Waals surface area contributed by atoms with E-state index in [1.54, 1.807) is 55.8 Å². The van der Waals surface area contributed by atoms with Crippen LogP contribution in [0.4, 0.5) is 11.9 Å². The van der Waals surface area contributed by atoms with Crippen LogP contribution in [0.3, 0.4) is 0 Å². The summed E-state index contributed by atoms with van der Waals surface area (Å²) in [4.78, 5) is 61.9. The molecule has 2 aromatic carbocycles. The molecule has 0 saturated carbocycles. The van der Waals surface area contributed by atoms with Gasteiger partial charge in [-0.2, -0.15) is 10.2 Å². The molecule has 1 aliphatic rings. The number of amides is 4. The average molecular weight is 903 g/mol. The first kappa shape index (κ1) is 46.7. The Kier molecular flexibility index (Phi) is 14.9. The Morgan fingerprint density at radius 3 is 1.76 bits per heavy atom. The van der Waals surface area contributed by atoms with Gasteiger partial charge in [-0.3, -0.25) is 39.2 Å². The fraction of sp³-hybridized carbons (Fsp3) is 0.391. The summed E-state index contributed by atoms with van der Waals surface area (Å²) in [6, 6.07) is 9.59. The second-order valence-corrected chi connectivity index (χ2v) is 16.0. The van der Waals surface area contributed by atoms with Crippen LogP contribution in [-0.4, -0.2) is 102 Å². The molecule has 1 saturated heterocycles. The highest BCUT2D eigenvalue weighted by Gasteiger charge is 2.24. The number of nitrogens with one attached hydrogen (secondary N) is 4. The van der Waals surface area contributed by atoms with E-state index in [1.807, 2.05) is 45.1 Å². The summed E-state index contributed by atoms with van der Waals surface area (Å²) >= 11 is 0. The summed E-state index contributed by atoms with van der Waals surface area (Å²) in [6.45, 7) is 12.6. The van der Waals surface area contributed by atoms with Gasteiger partial charge in [-0.1, -0.05) is 24.3 Å². The standard InChI is InChI=1S/C46H58N14O6/c1-6-59-35(22-28(3)55-59)43(63)53-45-51-33-24-31(41(47)61)26-37(65-5)39(33)57(45)19-9-10-20-58-40-34(52-46(58)54-44(64)36-23-29(4)56-60(36)7-2)25-32(42(48)62)27-38(40)66-21-11-8-15-49-16-12-30-13-17-50-18-14-30/h8-11,22-27,30,49-50H,6-7,12-21H2,1-5H3,(H2,47,61)(H2,48,62)(H,51,53,63)(H,52,54,64)/b10-9+,11-8+. The van der Waals surface area contributed by atoms with Crippen LogP contribution >= 0.6 is 0 Å². The molecule has 66 heavy (non-hydrogen) atoms. The van der Waals surface area contributed by atoms with E-state index in [9.17, 15) is 19.2 Å². The van der Waals surface area contributed by atoms with Gasteiger partial charge in [0.2, 0.25) is 23.7 Å². The molecule has 4 amide bonds. The van der Waals surface area contributed by atoms with Crippen molar-refractivity contribution in [1.82, 2.24) is 49.3 Å². The minimum atomic E-state index is -0.667. The molecule has 8 N–H and O–H groups in total. The monoisotopic (exact) mass is 902 g/mol. The fourth-order valence-electron chi connectivity index (χ4n) is 8.14. The predicted octanol–water partition coefficient (Wildman–Crippen LogP) is 4.32. The van der Waals surface area contributed by atoms with Crippen LogP contribution in [0.25, 0.3) is 22.1 Å². The van der Waals surface area contributed by atoms with Crippen molar-refractivity contribution < 1.29 is 28.7 Å². The Hall–Kier alpha value is -7.32. The summed E-state index contributed by atoms with van der Waals surface area (Å²) in [7, 11) is 1.47. The van der Waals surface area contributed by atoms with Gasteiger partial charge < -0.3 is 40.7 Å². The zero-order valence-electron chi connectivity index (χ0n) is 38.0. The van der Waals surface area contributed by atoms with Crippen molar-refractivity contribution in [2.45, 2.75) is 73.1 Å². The van der Waals surface area contributed by atoms with Gasteiger partial charge in [0, 0.05) is 43.9 Å².